The fourth-order valence-corrected chi connectivity index (χ4v) is 18.4. The minimum absolute atomic E-state index is 0.0679. The molecule has 0 radical (unpaired) electrons. The molecule has 10 heterocycles. The highest BCUT2D eigenvalue weighted by molar-refractivity contribution is 7.73. The summed E-state index contributed by atoms with van der Waals surface area (Å²) < 4.78 is 32.8. The summed E-state index contributed by atoms with van der Waals surface area (Å²) in [5, 5.41) is 111. The van der Waals surface area contributed by atoms with Gasteiger partial charge in [0.1, 0.15) is 72.7 Å². The van der Waals surface area contributed by atoms with Gasteiger partial charge in [-0.15, -0.1) is 65.9 Å². The Morgan fingerprint density at radius 3 is 1.21 bits per heavy atom. The number of aromatic amines is 3. The predicted octanol–water partition coefficient (Wildman–Crippen LogP) is 2.11. The van der Waals surface area contributed by atoms with E-state index in [0.29, 0.717) is 67.0 Å². The number of allylic oxidation sites excluding steroid dienone is 2. The maximum absolute atomic E-state index is 12.1. The van der Waals surface area contributed by atoms with Crippen molar-refractivity contribution in [1.29, 1.82) is 0 Å². The van der Waals surface area contributed by atoms with Crippen molar-refractivity contribution in [1.82, 2.24) is 54.4 Å². The van der Waals surface area contributed by atoms with Crippen molar-refractivity contribution in [3.05, 3.63) is 166 Å². The molecule has 0 spiro atoms. The molecule has 3 aromatic heterocycles. The summed E-state index contributed by atoms with van der Waals surface area (Å²) >= 11 is 5.24. The zero-order chi connectivity index (χ0) is 91.0. The van der Waals surface area contributed by atoms with Gasteiger partial charge in [-0.1, -0.05) is 51.8 Å². The van der Waals surface area contributed by atoms with Crippen molar-refractivity contribution < 1.29 is 89.1 Å². The van der Waals surface area contributed by atoms with Crippen LogP contribution >= 0.6 is 46.6 Å². The van der Waals surface area contributed by atoms with Crippen molar-refractivity contribution in [2.45, 2.75) is 195 Å². The van der Waals surface area contributed by atoms with E-state index < -0.39 is 180 Å². The maximum Gasteiger partial charge on any atom is 0.330 e. The molecule has 7 aliphatic rings. The average Bonchev–Trinajstić information content (AvgIpc) is 1.68. The molecule has 16 N–H and O–H groups in total. The third-order valence-electron chi connectivity index (χ3n) is 20.3. The van der Waals surface area contributed by atoms with Gasteiger partial charge in [0.15, 0.2) is 41.7 Å². The first-order valence-electron chi connectivity index (χ1n) is 39.7. The summed E-state index contributed by atoms with van der Waals surface area (Å²) in [5.74, 6) is -0.223. The largest absolute Gasteiger partial charge is 0.388 e. The highest BCUT2D eigenvalue weighted by Crippen LogP contribution is 2.44. The number of carbonyl (C=O) groups excluding carboxylic acids is 3. The lowest BCUT2D eigenvalue weighted by Gasteiger charge is -2.34. The molecule has 121 heavy (non-hydrogen) atoms. The number of rotatable bonds is 29. The highest BCUT2D eigenvalue weighted by Gasteiger charge is 2.50. The molecule has 0 aromatic carbocycles. The summed E-state index contributed by atoms with van der Waals surface area (Å²) in [4.78, 5) is 104. The summed E-state index contributed by atoms with van der Waals surface area (Å²) in [6.07, 6.45) is 27.2. The van der Waals surface area contributed by atoms with Gasteiger partial charge in [0.2, 0.25) is 0 Å². The second-order valence-corrected chi connectivity index (χ2v) is 56.5. The molecule has 40 heteroatoms. The Morgan fingerprint density at radius 2 is 0.851 bits per heavy atom. The average molecular weight is 1810 g/mol. The quantitative estimate of drug-likeness (QED) is 0.0205. The number of nitrogens with zero attached hydrogens (tertiary/aromatic N) is 5. The van der Waals surface area contributed by atoms with E-state index in [1.807, 2.05) is 13.8 Å². The number of ether oxygens (including phenoxy) is 5. The molecule has 20 atom stereocenters. The van der Waals surface area contributed by atoms with Crippen molar-refractivity contribution in [2.24, 2.45) is 0 Å². The molecule has 0 saturated carbocycles. The van der Waals surface area contributed by atoms with Crippen LogP contribution in [-0.2, 0) is 44.6 Å². The monoisotopic (exact) mass is 1810 g/mol. The van der Waals surface area contributed by atoms with Gasteiger partial charge in [0.25, 0.3) is 28.5 Å². The molecular formula is C81H130N11O23P5S. The third-order valence-corrected chi connectivity index (χ3v) is 27.9. The number of H-pyrrole nitrogens is 3. The van der Waals surface area contributed by atoms with Crippen molar-refractivity contribution in [3.8, 4) is 0 Å². The van der Waals surface area contributed by atoms with E-state index in [4.69, 9.17) is 35.9 Å². The van der Waals surface area contributed by atoms with Crippen LogP contribution in [0, 0.1) is 4.77 Å². The smallest absolute Gasteiger partial charge is 0.330 e. The molecule has 34 nitrogen and oxygen atoms in total. The minimum Gasteiger partial charge on any atom is -0.388 e. The van der Waals surface area contributed by atoms with Crippen LogP contribution in [0.3, 0.4) is 0 Å². The Hall–Kier alpha value is -6.29. The van der Waals surface area contributed by atoms with Gasteiger partial charge in [-0.3, -0.25) is 57.4 Å². The normalized spacial score (nSPS) is 28.8. The van der Waals surface area contributed by atoms with Crippen LogP contribution in [0.1, 0.15) is 101 Å². The van der Waals surface area contributed by atoms with E-state index in [1.165, 1.54) is 70.4 Å². The van der Waals surface area contributed by atoms with Gasteiger partial charge < -0.3 is 100 Å². The molecule has 0 unspecified atom stereocenters. The molecule has 3 aromatic rings. The van der Waals surface area contributed by atoms with Gasteiger partial charge in [-0.25, -0.2) is 9.59 Å². The van der Waals surface area contributed by atoms with Crippen LogP contribution in [0.5, 0.6) is 0 Å². The number of hydrogen-bond donors (Lipinski definition) is 16. The van der Waals surface area contributed by atoms with Gasteiger partial charge in [-0.05, 0) is 180 Å². The summed E-state index contributed by atoms with van der Waals surface area (Å²) in [7, 11) is 0. The Kier molecular flexibility index (Phi) is 38.3. The molecule has 678 valence electrons. The van der Waals surface area contributed by atoms with Crippen molar-refractivity contribution in [3.63, 3.8) is 0 Å². The van der Waals surface area contributed by atoms with Crippen LogP contribution < -0.4 is 44.0 Å². The number of ketones is 1. The first kappa shape index (κ1) is 103. The molecule has 0 bridgehead atoms. The molecule has 7 aliphatic heterocycles. The molecule has 10 rings (SSSR count). The number of amides is 2. The minimum atomic E-state index is -1.33. The fourth-order valence-electron chi connectivity index (χ4n) is 13.3. The zero-order valence-corrected chi connectivity index (χ0v) is 76.9. The second-order valence-electron chi connectivity index (χ2n) is 34.5. The number of aromatic nitrogens is 6. The number of aliphatic hydroxyl groups excluding tert-OH is 10. The predicted molar refractivity (Wildman–Crippen MR) is 491 cm³/mol. The first-order valence-corrected chi connectivity index (χ1v) is 55.4. The number of carbonyl (C=O) groups is 3. The van der Waals surface area contributed by atoms with Crippen LogP contribution in [0.2, 0.25) is 0 Å². The van der Waals surface area contributed by atoms with Gasteiger partial charge >= 0.3 is 11.4 Å². The number of hydrogen-bond acceptors (Lipinski definition) is 27. The van der Waals surface area contributed by atoms with Crippen molar-refractivity contribution >= 4 is 108 Å². The lowest BCUT2D eigenvalue weighted by molar-refractivity contribution is -0.119. The highest BCUT2D eigenvalue weighted by atomic mass is 32.1. The van der Waals surface area contributed by atoms with E-state index >= 15 is 0 Å². The SMILES string of the molecule is C=C1NC(=O)C=CN1[C@@H]1O[C@H](CCP(=C)(C)C)[C@@H](O)[C@H]1O.C=CC1=CN([C@@H]2O[C@H](CCP(=C)(C)C)[C@@H](O)[C@H]2O)C(=C)NC1=O.C=P(C)(C)CC[C@H]1O[C@@H](n2cc(/C=C/C(C)=O)c(=O)[nH]c2=O)[C@H](O)[C@@H]1O.C=P(C)(C)CC[C@H]1O[C@@H](n2cc(/C=C/CC)c(=O)[nH]c2=O)[C@H](O)[C@@H]1O.C=P(C)(C)CC[C@H]1O[C@@H](n2cc(CNCCC)c(=O)[nH]c2=S)[C@H](O)[C@@H]1O. The van der Waals surface area contributed by atoms with Crippen LogP contribution in [-0.4, -0.2) is 347 Å². The zero-order valence-electron chi connectivity index (χ0n) is 71.6. The van der Waals surface area contributed by atoms with Gasteiger partial charge in [0, 0.05) is 49.2 Å². The van der Waals surface area contributed by atoms with Gasteiger partial charge in [0.05, 0.1) is 47.2 Å². The Bertz CT molecular complexity index is 4930. The fraction of sp³-hybridized carbons (Fsp3) is 0.580. The number of aliphatic hydroxyl groups is 10. The van der Waals surface area contributed by atoms with Crippen molar-refractivity contribution in [2.75, 3.05) is 104 Å². The lowest BCUT2D eigenvalue weighted by atomic mass is 10.1. The summed E-state index contributed by atoms with van der Waals surface area (Å²) in [6, 6.07) is 0. The Labute approximate surface area is 712 Å². The summed E-state index contributed by atoms with van der Waals surface area (Å²) in [5.41, 5.74) is -1.66. The topological polar surface area (TPSA) is 490 Å². The third kappa shape index (κ3) is 30.2. The molecule has 5 saturated heterocycles. The van der Waals surface area contributed by atoms with E-state index in [1.54, 1.807) is 18.3 Å². The Morgan fingerprint density at radius 1 is 0.496 bits per heavy atom. The van der Waals surface area contributed by atoms with E-state index in [9.17, 15) is 89.4 Å². The standard InChI is InChI=1S/C17H30N3O4PS.C17H25N2O6P.C17H27N2O5P.C16H25N2O4P.C14H23N2O4P/c1-5-7-18-9-11-10-20(17(26)19-15(11)23)16-14(22)13(21)12(24-16)6-8-25(2,3)4;1-10(20)5-6-11-9-19(17(24)18-15(11)23)16-14(22)13(21)12(25-16)7-8-26(2,3)4;1-5-6-7-11-10-19(17(23)18-15(11)22)16-14(21)13(20)12(24-16)8-9-25(2,3)4;1-6-11-9-18(10(2)17-15(11)21)16-14(20)13(19)12(22-16)7-8-23(3,4)5;1-9-15-11(17)5-7-16(9)14-13(19)12(18)10(20-14)6-8-21(2,3)4/h10,12-14,16,18,21-22H,2,5-9H2,1,3-4H3,(H,19,23,26);5-6,9,12-14,16,21-22H,2,7-8H2,1,3-4H3,(H,18,23,24);6-7,10,12-14,16,20-21H,2,5,8-9H2,1,3-4H3,(H,18,22,23);6,9,12-14,16,19-20H,1-3,7-8H2,4-5H3,(H,17,21);5,7,10,12-14,18-19H,1-2,6,8H2,3-4H3,(H,15,17)/b;6-5+;7-6+;;/t4*12-,13-,14-,16-;10-,12-,13-,14-/m11111/s1. The van der Waals surface area contributed by atoms with E-state index in [2.05, 4.69) is 149 Å². The second kappa shape index (κ2) is 44.7. The lowest BCUT2D eigenvalue weighted by Crippen LogP contribution is -2.47. The Balaban J connectivity index is 0.000000235. The summed E-state index contributed by atoms with van der Waals surface area (Å²) in [6.45, 7) is 32.2. The van der Waals surface area contributed by atoms with Gasteiger partial charge in [-0.2, -0.15) is 0 Å². The maximum atomic E-state index is 12.1. The molecular weight excluding hydrogens is 1680 g/mol. The number of nitrogens with one attached hydrogen (secondary N) is 6. The van der Waals surface area contributed by atoms with E-state index in [0.717, 1.165) is 59.3 Å². The van der Waals surface area contributed by atoms with Crippen LogP contribution in [0.4, 0.5) is 0 Å². The van der Waals surface area contributed by atoms with E-state index in [-0.39, 0.29) is 33.5 Å². The van der Waals surface area contributed by atoms with Crippen LogP contribution in [0.15, 0.2) is 116 Å². The van der Waals surface area contributed by atoms with Crippen LogP contribution in [0.25, 0.3) is 12.2 Å². The molecule has 5 fully saturated rings. The first-order chi connectivity index (χ1) is 56.1. The molecule has 0 aliphatic carbocycles. The molecule has 2 amide bonds.